The quantitative estimate of drug-likeness (QED) is 0.562. The van der Waals surface area contributed by atoms with Gasteiger partial charge in [-0.3, -0.25) is 9.59 Å². The van der Waals surface area contributed by atoms with Gasteiger partial charge in [0.2, 0.25) is 5.91 Å². The summed E-state index contributed by atoms with van der Waals surface area (Å²) >= 11 is 0. The summed E-state index contributed by atoms with van der Waals surface area (Å²) in [6, 6.07) is 8.77. The molecule has 0 aromatic heterocycles. The molecule has 0 saturated carbocycles. The first-order valence-corrected chi connectivity index (χ1v) is 9.44. The van der Waals surface area contributed by atoms with Crippen LogP contribution in [0.3, 0.4) is 0 Å². The molecular formula is C22H24N2O8. The third-order valence-electron chi connectivity index (χ3n) is 4.31. The SMILES string of the molecule is COC(=O)c1cc(NC(=O)CCNC(=O)c2cc(OC)cc(OC)c2)cc(C(=O)OC)c1. The number of anilines is 1. The Morgan fingerprint density at radius 1 is 0.719 bits per heavy atom. The molecule has 10 nitrogen and oxygen atoms in total. The van der Waals surface area contributed by atoms with Gasteiger partial charge in [-0.25, -0.2) is 9.59 Å². The van der Waals surface area contributed by atoms with Gasteiger partial charge in [0.1, 0.15) is 11.5 Å². The Balaban J connectivity index is 2.01. The monoisotopic (exact) mass is 444 g/mol. The molecular weight excluding hydrogens is 420 g/mol. The molecule has 0 heterocycles. The van der Waals surface area contributed by atoms with Gasteiger partial charge in [-0.15, -0.1) is 0 Å². The second kappa shape index (κ2) is 11.3. The summed E-state index contributed by atoms with van der Waals surface area (Å²) in [5.41, 5.74) is 0.675. The van der Waals surface area contributed by atoms with E-state index in [1.807, 2.05) is 0 Å². The number of hydrogen-bond acceptors (Lipinski definition) is 8. The standard InChI is InChI=1S/C22H24N2O8/c1-29-17-10-13(11-18(12-17)30-2)20(26)23-6-5-19(25)24-16-8-14(21(27)31-3)7-15(9-16)22(28)32-4/h7-12H,5-6H2,1-4H3,(H,23,26)(H,24,25). The van der Waals surface area contributed by atoms with Gasteiger partial charge < -0.3 is 29.6 Å². The Hall–Kier alpha value is -4.08. The molecule has 2 rings (SSSR count). The predicted molar refractivity (Wildman–Crippen MR) is 114 cm³/mol. The topological polar surface area (TPSA) is 129 Å². The van der Waals surface area contributed by atoms with Crippen molar-refractivity contribution >= 4 is 29.4 Å². The number of methoxy groups -OCH3 is 4. The van der Waals surface area contributed by atoms with Crippen LogP contribution in [0.5, 0.6) is 11.5 Å². The molecule has 2 aromatic carbocycles. The number of rotatable bonds is 9. The van der Waals surface area contributed by atoms with Gasteiger partial charge in [0.15, 0.2) is 0 Å². The fourth-order valence-corrected chi connectivity index (χ4v) is 2.72. The van der Waals surface area contributed by atoms with E-state index in [-0.39, 0.29) is 29.8 Å². The molecule has 2 N–H and O–H groups in total. The minimum atomic E-state index is -0.674. The largest absolute Gasteiger partial charge is 0.497 e. The minimum absolute atomic E-state index is 0.0464. The van der Waals surface area contributed by atoms with Crippen LogP contribution in [-0.2, 0) is 14.3 Å². The molecule has 0 aliphatic heterocycles. The lowest BCUT2D eigenvalue weighted by molar-refractivity contribution is -0.116. The smallest absolute Gasteiger partial charge is 0.337 e. The van der Waals surface area contributed by atoms with Crippen molar-refractivity contribution in [1.29, 1.82) is 0 Å². The molecule has 0 radical (unpaired) electrons. The molecule has 0 atom stereocenters. The van der Waals surface area contributed by atoms with Crippen LogP contribution in [0, 0.1) is 0 Å². The fraction of sp³-hybridized carbons (Fsp3) is 0.273. The molecule has 10 heteroatoms. The molecule has 2 aromatic rings. The zero-order valence-electron chi connectivity index (χ0n) is 18.1. The molecule has 0 unspecified atom stereocenters. The highest BCUT2D eigenvalue weighted by molar-refractivity contribution is 6.00. The van der Waals surface area contributed by atoms with E-state index in [4.69, 9.17) is 9.47 Å². The van der Waals surface area contributed by atoms with Crippen LogP contribution in [0.1, 0.15) is 37.5 Å². The number of ether oxygens (including phenoxy) is 4. The van der Waals surface area contributed by atoms with Crippen LogP contribution < -0.4 is 20.1 Å². The second-order valence-corrected chi connectivity index (χ2v) is 6.44. The first-order valence-electron chi connectivity index (χ1n) is 9.44. The van der Waals surface area contributed by atoms with E-state index >= 15 is 0 Å². The summed E-state index contributed by atoms with van der Waals surface area (Å²) < 4.78 is 19.6. The lowest BCUT2D eigenvalue weighted by Crippen LogP contribution is -2.27. The highest BCUT2D eigenvalue weighted by atomic mass is 16.5. The predicted octanol–water partition coefficient (Wildman–Crippen LogP) is 2.04. The van der Waals surface area contributed by atoms with Gasteiger partial charge in [0.05, 0.1) is 39.6 Å². The van der Waals surface area contributed by atoms with Crippen molar-refractivity contribution in [3.05, 3.63) is 53.1 Å². The average Bonchev–Trinajstić information content (AvgIpc) is 2.81. The number of esters is 2. The highest BCUT2D eigenvalue weighted by Crippen LogP contribution is 2.22. The number of carbonyl (C=O) groups excluding carboxylic acids is 4. The molecule has 0 fully saturated rings. The summed E-state index contributed by atoms with van der Waals surface area (Å²) in [6.07, 6.45) is -0.0527. The van der Waals surface area contributed by atoms with E-state index in [0.717, 1.165) is 0 Å². The minimum Gasteiger partial charge on any atom is -0.497 e. The van der Waals surface area contributed by atoms with Crippen molar-refractivity contribution in [1.82, 2.24) is 5.32 Å². The fourth-order valence-electron chi connectivity index (χ4n) is 2.72. The first kappa shape index (κ1) is 24.2. The lowest BCUT2D eigenvalue weighted by atomic mass is 10.1. The Morgan fingerprint density at radius 3 is 1.72 bits per heavy atom. The van der Waals surface area contributed by atoms with Crippen LogP contribution in [0.25, 0.3) is 0 Å². The van der Waals surface area contributed by atoms with E-state index in [1.54, 1.807) is 18.2 Å². The Kier molecular flexibility index (Phi) is 8.58. The van der Waals surface area contributed by atoms with Crippen molar-refractivity contribution in [3.63, 3.8) is 0 Å². The summed E-state index contributed by atoms with van der Waals surface area (Å²) in [5.74, 6) is -1.28. The Labute approximate surface area is 184 Å². The normalized spacial score (nSPS) is 10.0. The summed E-state index contributed by atoms with van der Waals surface area (Å²) in [7, 11) is 5.35. The van der Waals surface area contributed by atoms with Crippen LogP contribution >= 0.6 is 0 Å². The van der Waals surface area contributed by atoms with Gasteiger partial charge >= 0.3 is 11.9 Å². The van der Waals surface area contributed by atoms with Gasteiger partial charge in [-0.2, -0.15) is 0 Å². The number of hydrogen-bond donors (Lipinski definition) is 2. The van der Waals surface area contributed by atoms with Crippen molar-refractivity contribution < 1.29 is 38.1 Å². The number of nitrogens with one attached hydrogen (secondary N) is 2. The molecule has 0 saturated heterocycles. The van der Waals surface area contributed by atoms with Crippen LogP contribution in [0.15, 0.2) is 36.4 Å². The van der Waals surface area contributed by atoms with Crippen molar-refractivity contribution in [2.45, 2.75) is 6.42 Å². The molecule has 32 heavy (non-hydrogen) atoms. The average molecular weight is 444 g/mol. The van der Waals surface area contributed by atoms with Crippen LogP contribution in [-0.4, -0.2) is 58.7 Å². The molecule has 0 spiro atoms. The van der Waals surface area contributed by atoms with E-state index in [2.05, 4.69) is 20.1 Å². The summed E-state index contributed by atoms with van der Waals surface area (Å²) in [4.78, 5) is 48.3. The molecule has 170 valence electrons. The third-order valence-corrected chi connectivity index (χ3v) is 4.31. The van der Waals surface area contributed by atoms with Gasteiger partial charge in [0, 0.05) is 30.3 Å². The number of carbonyl (C=O) groups is 4. The number of amides is 2. The molecule has 2 amide bonds. The van der Waals surface area contributed by atoms with E-state index in [0.29, 0.717) is 17.1 Å². The van der Waals surface area contributed by atoms with Crippen molar-refractivity contribution in [3.8, 4) is 11.5 Å². The van der Waals surface area contributed by atoms with Gasteiger partial charge in [-0.05, 0) is 30.3 Å². The maximum Gasteiger partial charge on any atom is 0.337 e. The third kappa shape index (κ3) is 6.46. The lowest BCUT2D eigenvalue weighted by Gasteiger charge is -2.11. The molecule has 0 aliphatic carbocycles. The van der Waals surface area contributed by atoms with Crippen LogP contribution in [0.2, 0.25) is 0 Å². The first-order chi connectivity index (χ1) is 15.3. The zero-order valence-corrected chi connectivity index (χ0v) is 18.1. The maximum atomic E-state index is 12.4. The second-order valence-electron chi connectivity index (χ2n) is 6.44. The number of benzene rings is 2. The van der Waals surface area contributed by atoms with E-state index < -0.39 is 23.8 Å². The van der Waals surface area contributed by atoms with Gasteiger partial charge in [-0.1, -0.05) is 0 Å². The van der Waals surface area contributed by atoms with Crippen molar-refractivity contribution in [2.24, 2.45) is 0 Å². The zero-order chi connectivity index (χ0) is 23.7. The van der Waals surface area contributed by atoms with E-state index in [9.17, 15) is 19.2 Å². The Morgan fingerprint density at radius 2 is 1.25 bits per heavy atom. The highest BCUT2D eigenvalue weighted by Gasteiger charge is 2.15. The summed E-state index contributed by atoms with van der Waals surface area (Å²) in [5, 5.41) is 5.22. The Bertz CT molecular complexity index is 962. The van der Waals surface area contributed by atoms with Gasteiger partial charge in [0.25, 0.3) is 5.91 Å². The maximum absolute atomic E-state index is 12.4. The summed E-state index contributed by atoms with van der Waals surface area (Å²) in [6.45, 7) is 0.0464. The van der Waals surface area contributed by atoms with E-state index in [1.165, 1.54) is 46.6 Å². The van der Waals surface area contributed by atoms with Crippen molar-refractivity contribution in [2.75, 3.05) is 40.3 Å². The molecule has 0 bridgehead atoms. The van der Waals surface area contributed by atoms with Crippen LogP contribution in [0.4, 0.5) is 5.69 Å². The molecule has 0 aliphatic rings.